The van der Waals surface area contributed by atoms with Gasteiger partial charge >= 0.3 is 6.36 Å². The molecule has 0 spiro atoms. The van der Waals surface area contributed by atoms with E-state index in [0.717, 1.165) is 17.7 Å². The van der Waals surface area contributed by atoms with Crippen LogP contribution in [0, 0.1) is 120 Å². The summed E-state index contributed by atoms with van der Waals surface area (Å²) in [5.41, 5.74) is 1.61. The maximum atomic E-state index is 12.1. The van der Waals surface area contributed by atoms with Crippen LogP contribution in [0.25, 0.3) is 0 Å². The van der Waals surface area contributed by atoms with Gasteiger partial charge in [-0.1, -0.05) is 18.2 Å². The number of hydrogen-bond acceptors (Lipinski definition) is 2. The van der Waals surface area contributed by atoms with Gasteiger partial charge in [-0.05, 0) is 42.8 Å². The number of halogens is 3. The Labute approximate surface area is 259 Å². The fourth-order valence-corrected chi connectivity index (χ4v) is 1.76. The molecule has 2 rings (SSSR count). The largest absolute Gasteiger partial charge is 0.573 e. The number of amides is 1. The van der Waals surface area contributed by atoms with E-state index in [1.54, 1.807) is 18.2 Å². The van der Waals surface area contributed by atoms with Crippen LogP contribution in [-0.4, -0.2) is 12.3 Å². The van der Waals surface area contributed by atoms with Crippen molar-refractivity contribution in [3.63, 3.8) is 0 Å². The third-order valence-electron chi connectivity index (χ3n) is 2.61. The fourth-order valence-electron chi connectivity index (χ4n) is 1.76. The van der Waals surface area contributed by atoms with Gasteiger partial charge in [-0.3, -0.25) is 4.79 Å². The van der Waals surface area contributed by atoms with Crippen LogP contribution < -0.4 is 10.1 Å². The van der Waals surface area contributed by atoms with Gasteiger partial charge in [0.15, 0.2) is 0 Å². The number of carbonyl (C=O) groups is 1. The Morgan fingerprint density at radius 3 is 2.16 bits per heavy atom. The molecule has 1 radical (unpaired) electrons. The van der Waals surface area contributed by atoms with Gasteiger partial charge < -0.3 is 10.1 Å². The van der Waals surface area contributed by atoms with Crippen LogP contribution in [0.1, 0.15) is 15.9 Å². The summed E-state index contributed by atoms with van der Waals surface area (Å²) in [6, 6.07) is 12.0. The summed E-state index contributed by atoms with van der Waals surface area (Å²) in [5, 5.41) is 2.61. The van der Waals surface area contributed by atoms with Gasteiger partial charge in [0.2, 0.25) is 0 Å². The summed E-state index contributed by atoms with van der Waals surface area (Å²) < 4.78 is 40.2. The van der Waals surface area contributed by atoms with Crippen molar-refractivity contribution in [2.45, 2.75) is 13.3 Å². The maximum absolute atomic E-state index is 12.1. The summed E-state index contributed by atoms with van der Waals surface area (Å²) >= 11 is 0. The van der Waals surface area contributed by atoms with E-state index >= 15 is 0 Å². The molecule has 0 aliphatic heterocycles. The Hall–Kier alpha value is 2.38. The minimum absolute atomic E-state index is 0. The Morgan fingerprint density at radius 2 is 1.60 bits per heavy atom. The van der Waals surface area contributed by atoms with Gasteiger partial charge in [-0.25, -0.2) is 0 Å². The monoisotopic (exact) mass is 504 g/mol. The van der Waals surface area contributed by atoms with Crippen molar-refractivity contribution in [1.82, 2.24) is 0 Å². The maximum Gasteiger partial charge on any atom is 0.573 e. The van der Waals surface area contributed by atoms with Gasteiger partial charge in [0.1, 0.15) is 5.75 Å². The predicted octanol–water partition coefficient (Wildman–Crippen LogP) is 4.14. The number of nitrogens with one attached hydrogen (secondary N) is 1. The SMILES string of the molecule is Cc1cccc(NC(=O)c2cccc(OC(F)(F)F)c2)c1.[Ar].[Ar].[Ar].[Y]. The summed E-state index contributed by atoms with van der Waals surface area (Å²) in [6.45, 7) is 1.87. The molecule has 0 fully saturated rings. The number of aryl methyl sites for hydroxylation is 1. The number of hydrogen-bond donors (Lipinski definition) is 1. The van der Waals surface area contributed by atoms with Gasteiger partial charge in [-0.15, -0.1) is 13.2 Å². The second kappa shape index (κ2) is 15.3. The molecule has 0 atom stereocenters. The molecule has 0 aliphatic rings. The van der Waals surface area contributed by atoms with E-state index in [-0.39, 0.29) is 151 Å². The molecular formula is C15H12Ar3F3NO2Y. The first-order valence-corrected chi connectivity index (χ1v) is 6.07. The molecule has 25 heavy (non-hydrogen) atoms. The van der Waals surface area contributed by atoms with Crippen molar-refractivity contribution in [3.8, 4) is 5.75 Å². The first-order valence-electron chi connectivity index (χ1n) is 6.07. The van der Waals surface area contributed by atoms with Crippen molar-refractivity contribution in [1.29, 1.82) is 0 Å². The molecular weight excluding hydrogens is 492 g/mol. The molecule has 10 heteroatoms. The molecule has 0 aromatic heterocycles. The van der Waals surface area contributed by atoms with Crippen molar-refractivity contribution >= 4 is 11.6 Å². The van der Waals surface area contributed by atoms with Crippen LogP contribution in [-0.2, 0) is 32.7 Å². The van der Waals surface area contributed by atoms with E-state index in [4.69, 9.17) is 0 Å². The van der Waals surface area contributed by atoms with E-state index < -0.39 is 18.0 Å². The second-order valence-electron chi connectivity index (χ2n) is 4.40. The molecule has 0 saturated heterocycles. The van der Waals surface area contributed by atoms with Crippen LogP contribution in [0.15, 0.2) is 48.5 Å². The van der Waals surface area contributed by atoms with Crippen molar-refractivity contribution in [2.24, 2.45) is 0 Å². The topological polar surface area (TPSA) is 38.3 Å². The third kappa shape index (κ3) is 12.5. The Kier molecular flexibility index (Phi) is 19.6. The van der Waals surface area contributed by atoms with Gasteiger partial charge in [-0.2, -0.15) is 0 Å². The van der Waals surface area contributed by atoms with E-state index in [1.807, 2.05) is 13.0 Å². The normalized spacial score (nSPS) is 9.28. The molecule has 0 saturated carbocycles. The van der Waals surface area contributed by atoms with Crippen molar-refractivity contribution in [3.05, 3.63) is 59.7 Å². The quantitative estimate of drug-likeness (QED) is 0.683. The summed E-state index contributed by atoms with van der Waals surface area (Å²) in [4.78, 5) is 12.0. The standard InChI is InChI=1S/C15H12F3NO2.3Ar.Y/c1-10-4-2-6-12(8-10)19-14(20)11-5-3-7-13(9-11)21-15(16,17)18;;;;/h2-9H,1H3,(H,19,20);;;;. The van der Waals surface area contributed by atoms with Crippen molar-refractivity contribution in [2.75, 3.05) is 5.32 Å². The van der Waals surface area contributed by atoms with E-state index in [1.165, 1.54) is 12.1 Å². The smallest absolute Gasteiger partial charge is 0.406 e. The first kappa shape index (κ1) is 32.1. The van der Waals surface area contributed by atoms with Crippen LogP contribution in [0.4, 0.5) is 18.9 Å². The van der Waals surface area contributed by atoms with Gasteiger partial charge in [0, 0.05) is 157 Å². The Bertz CT molecular complexity index is 672. The van der Waals surface area contributed by atoms with Crippen LogP contribution >= 0.6 is 0 Å². The van der Waals surface area contributed by atoms with Crippen LogP contribution in [0.2, 0.25) is 0 Å². The molecule has 0 heterocycles. The number of carbonyl (C=O) groups excluding carboxylic acids is 1. The first-order chi connectivity index (χ1) is 9.83. The number of ether oxygens (including phenoxy) is 1. The summed E-state index contributed by atoms with van der Waals surface area (Å²) in [7, 11) is 0. The number of benzene rings is 2. The Balaban J connectivity index is -0.00000121. The zero-order valence-corrected chi connectivity index (χ0v) is 17.7. The zero-order valence-electron chi connectivity index (χ0n) is 12.7. The summed E-state index contributed by atoms with van der Waals surface area (Å²) in [6.07, 6.45) is -4.79. The molecule has 0 unspecified atom stereocenters. The number of rotatable bonds is 3. The predicted molar refractivity (Wildman–Crippen MR) is 72.3 cm³/mol. The molecule has 3 nitrogen and oxygen atoms in total. The molecule has 1 amide bonds. The fraction of sp³-hybridized carbons (Fsp3) is 0.133. The minimum Gasteiger partial charge on any atom is -0.406 e. The third-order valence-corrected chi connectivity index (χ3v) is 2.61. The van der Waals surface area contributed by atoms with Gasteiger partial charge in [0.05, 0.1) is 0 Å². The molecule has 2 aromatic rings. The van der Waals surface area contributed by atoms with E-state index in [2.05, 4.69) is 10.1 Å². The van der Waals surface area contributed by atoms with Gasteiger partial charge in [0.25, 0.3) is 5.91 Å². The minimum atomic E-state index is -4.79. The van der Waals surface area contributed by atoms with Crippen LogP contribution in [0.5, 0.6) is 5.75 Å². The summed E-state index contributed by atoms with van der Waals surface area (Å²) in [5.74, 6) is -0.937. The van der Waals surface area contributed by atoms with E-state index in [9.17, 15) is 18.0 Å². The van der Waals surface area contributed by atoms with E-state index in [0.29, 0.717) is 5.69 Å². The molecule has 0 aliphatic carbocycles. The second-order valence-corrected chi connectivity index (χ2v) is 4.40. The molecule has 2 aromatic carbocycles. The number of alkyl halides is 3. The average molecular weight is 504 g/mol. The zero-order chi connectivity index (χ0) is 15.5. The average Bonchev–Trinajstić information content (AvgIpc) is 2.37. The van der Waals surface area contributed by atoms with Crippen LogP contribution in [0.3, 0.4) is 0 Å². The molecule has 1 N–H and O–H groups in total. The number of anilines is 1. The molecule has 137 valence electrons. The molecule has 0 bridgehead atoms. The Morgan fingerprint density at radius 1 is 1.00 bits per heavy atom. The van der Waals surface area contributed by atoms with Crippen molar-refractivity contribution < 1.29 is 169 Å².